The molecule has 0 fully saturated rings. The zero-order valence-electron chi connectivity index (χ0n) is 34.9. The fourth-order valence-electron chi connectivity index (χ4n) is 6.17. The Morgan fingerprint density at radius 2 is 0.918 bits per heavy atom. The van der Waals surface area contributed by atoms with Gasteiger partial charge in [0.25, 0.3) is 0 Å². The Bertz CT molecular complexity index is 3010. The minimum atomic E-state index is -0.499. The van der Waals surface area contributed by atoms with Crippen LogP contribution >= 0.6 is 0 Å². The van der Waals surface area contributed by atoms with Gasteiger partial charge in [-0.05, 0) is 34.9 Å². The summed E-state index contributed by atoms with van der Waals surface area (Å²) in [6, 6.07) is 36.4. The van der Waals surface area contributed by atoms with Gasteiger partial charge in [0, 0.05) is 33.0 Å². The molecular weight excluding hydrogens is 597 g/mol. The van der Waals surface area contributed by atoms with E-state index in [-0.39, 0.29) is 41.3 Å². The van der Waals surface area contributed by atoms with Gasteiger partial charge < -0.3 is 4.57 Å². The van der Waals surface area contributed by atoms with Crippen LogP contribution in [0.25, 0.3) is 83.9 Å². The molecule has 4 nitrogen and oxygen atoms in total. The van der Waals surface area contributed by atoms with Crippen molar-refractivity contribution in [3.8, 4) is 62.1 Å². The molecule has 0 amide bonds. The number of fused-ring (bicyclic) bond motifs is 3. The van der Waals surface area contributed by atoms with E-state index in [0.717, 1.165) is 27.8 Å². The smallest absolute Gasteiger partial charge is 0.164 e. The van der Waals surface area contributed by atoms with Crippen molar-refractivity contribution in [1.29, 1.82) is 0 Å². The summed E-state index contributed by atoms with van der Waals surface area (Å²) in [5.41, 5.74) is 5.70. The lowest BCUT2D eigenvalue weighted by Crippen LogP contribution is -2.00. The summed E-state index contributed by atoms with van der Waals surface area (Å²) in [6.07, 6.45) is 0. The van der Waals surface area contributed by atoms with Crippen LogP contribution in [-0.4, -0.2) is 19.5 Å². The molecule has 0 radical (unpaired) electrons. The van der Waals surface area contributed by atoms with Crippen LogP contribution < -0.4 is 0 Å². The highest BCUT2D eigenvalue weighted by atomic mass is 15.0. The van der Waals surface area contributed by atoms with E-state index in [1.807, 2.05) is 109 Å². The standard InChI is InChI=1S/C45H30N4/c1-4-14-31(15-5-1)36-28-29-39-38-21-11-13-23-41(38)49(42(39)30-36)40-22-12-10-20-37(40)32-24-26-35(27-25-32)45-47-43(33-16-6-2-7-17-33)46-44(48-45)34-18-8-3-9-19-34/h1-30H/i1D,4D,5D,11D,13D,14D,15D,21D,23D. The van der Waals surface area contributed by atoms with Crippen molar-refractivity contribution in [1.82, 2.24) is 19.5 Å². The van der Waals surface area contributed by atoms with E-state index in [4.69, 9.17) is 27.3 Å². The molecule has 0 spiro atoms. The van der Waals surface area contributed by atoms with E-state index in [9.17, 15) is 0 Å². The first kappa shape index (κ1) is 20.6. The van der Waals surface area contributed by atoms with Crippen molar-refractivity contribution in [3.05, 3.63) is 182 Å². The van der Waals surface area contributed by atoms with Crippen LogP contribution in [0.5, 0.6) is 0 Å². The second kappa shape index (κ2) is 12.2. The average Bonchev–Trinajstić information content (AvgIpc) is 3.61. The first-order valence-corrected chi connectivity index (χ1v) is 15.7. The Morgan fingerprint density at radius 1 is 0.388 bits per heavy atom. The maximum Gasteiger partial charge on any atom is 0.164 e. The zero-order chi connectivity index (χ0) is 40.4. The van der Waals surface area contributed by atoms with Gasteiger partial charge in [0.15, 0.2) is 17.5 Å². The maximum absolute atomic E-state index is 9.11. The minimum absolute atomic E-state index is 0.0114. The van der Waals surface area contributed by atoms with Crippen molar-refractivity contribution in [3.63, 3.8) is 0 Å². The number of hydrogen-bond acceptors (Lipinski definition) is 3. The lowest BCUT2D eigenvalue weighted by molar-refractivity contribution is 1.07. The van der Waals surface area contributed by atoms with E-state index in [2.05, 4.69) is 0 Å². The third-order valence-corrected chi connectivity index (χ3v) is 8.49. The van der Waals surface area contributed by atoms with Gasteiger partial charge in [0.2, 0.25) is 0 Å². The highest BCUT2D eigenvalue weighted by molar-refractivity contribution is 6.10. The predicted octanol–water partition coefficient (Wildman–Crippen LogP) is 11.3. The molecule has 0 saturated carbocycles. The summed E-state index contributed by atoms with van der Waals surface area (Å²) in [4.78, 5) is 14.5. The summed E-state index contributed by atoms with van der Waals surface area (Å²) < 4.78 is 79.0. The maximum atomic E-state index is 9.11. The number of nitrogens with zero attached hydrogens (tertiary/aromatic N) is 4. The van der Waals surface area contributed by atoms with Crippen LogP contribution in [0.3, 0.4) is 0 Å². The first-order valence-electron chi connectivity index (χ1n) is 20.2. The molecule has 4 heteroatoms. The van der Waals surface area contributed by atoms with Crippen molar-refractivity contribution in [2.75, 3.05) is 0 Å². The van der Waals surface area contributed by atoms with Gasteiger partial charge in [-0.2, -0.15) is 0 Å². The third-order valence-electron chi connectivity index (χ3n) is 8.49. The van der Waals surface area contributed by atoms with E-state index in [1.165, 1.54) is 0 Å². The molecule has 0 unspecified atom stereocenters. The molecule has 0 aliphatic heterocycles. The molecule has 0 aliphatic carbocycles. The lowest BCUT2D eigenvalue weighted by atomic mass is 10.0. The topological polar surface area (TPSA) is 43.6 Å². The summed E-state index contributed by atoms with van der Waals surface area (Å²) >= 11 is 0. The van der Waals surface area contributed by atoms with E-state index >= 15 is 0 Å². The summed E-state index contributed by atoms with van der Waals surface area (Å²) in [7, 11) is 0. The number of para-hydroxylation sites is 2. The summed E-state index contributed by atoms with van der Waals surface area (Å²) in [5, 5.41) is 0.818. The van der Waals surface area contributed by atoms with Gasteiger partial charge >= 0.3 is 0 Å². The normalized spacial score (nSPS) is 13.8. The Morgan fingerprint density at radius 3 is 1.59 bits per heavy atom. The Kier molecular flexibility index (Phi) is 5.11. The molecular formula is C45H30N4. The first-order chi connectivity index (χ1) is 28.0. The second-order valence-electron chi connectivity index (χ2n) is 11.4. The highest BCUT2D eigenvalue weighted by Gasteiger charge is 2.17. The van der Waals surface area contributed by atoms with Crippen molar-refractivity contribution in [2.45, 2.75) is 0 Å². The Labute approximate surface area is 297 Å². The third kappa shape index (κ3) is 5.26. The van der Waals surface area contributed by atoms with Gasteiger partial charge in [-0.15, -0.1) is 0 Å². The molecule has 0 bridgehead atoms. The zero-order valence-corrected chi connectivity index (χ0v) is 25.9. The van der Waals surface area contributed by atoms with Crippen LogP contribution in [0.4, 0.5) is 0 Å². The molecule has 230 valence electrons. The molecule has 2 aromatic heterocycles. The number of benzene rings is 7. The van der Waals surface area contributed by atoms with Crippen molar-refractivity contribution >= 4 is 21.8 Å². The molecule has 0 aliphatic rings. The molecule has 0 atom stereocenters. The van der Waals surface area contributed by atoms with Crippen LogP contribution in [0.15, 0.2) is 182 Å². The molecule has 49 heavy (non-hydrogen) atoms. The van der Waals surface area contributed by atoms with Crippen LogP contribution in [0.2, 0.25) is 0 Å². The molecule has 2 heterocycles. The SMILES string of the molecule is [2H]c1c([2H])c([2H])c(-c2ccc3c4c([2H])c([2H])c([2H])c([2H])c4n(-c4ccccc4-c4ccc(-c5nc(-c6ccccc6)nc(-c6ccccc6)n5)cc4)c3c2)c([2H])c1[2H]. The number of rotatable bonds is 6. The van der Waals surface area contributed by atoms with Crippen molar-refractivity contribution in [2.24, 2.45) is 0 Å². The van der Waals surface area contributed by atoms with Gasteiger partial charge in [-0.1, -0.05) is 164 Å². The van der Waals surface area contributed by atoms with E-state index in [1.54, 1.807) is 22.8 Å². The fourth-order valence-corrected chi connectivity index (χ4v) is 6.17. The van der Waals surface area contributed by atoms with E-state index in [0.29, 0.717) is 45.0 Å². The average molecular weight is 636 g/mol. The molecule has 9 rings (SSSR count). The Balaban J connectivity index is 1.24. The second-order valence-corrected chi connectivity index (χ2v) is 11.4. The van der Waals surface area contributed by atoms with Crippen LogP contribution in [0.1, 0.15) is 12.3 Å². The summed E-state index contributed by atoms with van der Waals surface area (Å²) in [5.74, 6) is 1.57. The lowest BCUT2D eigenvalue weighted by Gasteiger charge is -2.15. The Hall–Kier alpha value is -6.65. The quantitative estimate of drug-likeness (QED) is 0.183. The molecule has 0 N–H and O–H groups in total. The summed E-state index contributed by atoms with van der Waals surface area (Å²) in [6.45, 7) is 0. The van der Waals surface area contributed by atoms with Gasteiger partial charge in [0.05, 0.1) is 29.1 Å². The molecule has 0 saturated heterocycles. The van der Waals surface area contributed by atoms with E-state index < -0.39 is 24.2 Å². The van der Waals surface area contributed by atoms with Crippen LogP contribution in [-0.2, 0) is 0 Å². The monoisotopic (exact) mass is 635 g/mol. The highest BCUT2D eigenvalue weighted by Crippen LogP contribution is 2.38. The van der Waals surface area contributed by atoms with Crippen LogP contribution in [0, 0.1) is 0 Å². The van der Waals surface area contributed by atoms with Gasteiger partial charge in [-0.25, -0.2) is 15.0 Å². The minimum Gasteiger partial charge on any atom is -0.309 e. The number of hydrogen-bond donors (Lipinski definition) is 0. The largest absolute Gasteiger partial charge is 0.309 e. The van der Waals surface area contributed by atoms with Crippen molar-refractivity contribution < 1.29 is 12.3 Å². The predicted molar refractivity (Wildman–Crippen MR) is 201 cm³/mol. The fraction of sp³-hybridized carbons (Fsp3) is 0. The molecule has 9 aromatic rings. The number of aromatic nitrogens is 4. The van der Waals surface area contributed by atoms with Gasteiger partial charge in [0.1, 0.15) is 0 Å². The molecule has 7 aromatic carbocycles. The van der Waals surface area contributed by atoms with Gasteiger partial charge in [-0.3, -0.25) is 0 Å².